The van der Waals surface area contributed by atoms with Gasteiger partial charge in [-0.1, -0.05) is 48.5 Å². The largest absolute Gasteiger partial charge is 0.489 e. The minimum Gasteiger partial charge on any atom is -0.423 e. The fraction of sp³-hybridized carbons (Fsp3) is 0. The second-order valence-electron chi connectivity index (χ2n) is 6.68. The van der Waals surface area contributed by atoms with Gasteiger partial charge in [-0.3, -0.25) is 0 Å². The minimum absolute atomic E-state index is 0.461. The molecule has 0 spiro atoms. The number of hydrogen-bond donors (Lipinski definition) is 4. The van der Waals surface area contributed by atoms with Crippen LogP contribution in [0.1, 0.15) is 11.1 Å². The topological polar surface area (TPSA) is 80.9 Å². The Balaban J connectivity index is 1.78. The van der Waals surface area contributed by atoms with Crippen molar-refractivity contribution in [3.63, 3.8) is 0 Å². The predicted octanol–water partition coefficient (Wildman–Crippen LogP) is -1.34. The first kappa shape index (κ1) is 15.6. The highest BCUT2D eigenvalue weighted by molar-refractivity contribution is 6.60. The molecule has 2 aliphatic rings. The molecule has 5 rings (SSSR count). The van der Waals surface area contributed by atoms with Gasteiger partial charge in [-0.05, 0) is 66.9 Å². The molecule has 0 amide bonds. The fourth-order valence-corrected chi connectivity index (χ4v) is 4.05. The molecule has 124 valence electrons. The summed E-state index contributed by atoms with van der Waals surface area (Å²) in [6, 6.07) is 15.0. The highest BCUT2D eigenvalue weighted by Gasteiger charge is 2.25. The second kappa shape index (κ2) is 5.43. The Hall–Kier alpha value is -2.63. The summed E-state index contributed by atoms with van der Waals surface area (Å²) in [5.41, 5.74) is 6.86. The van der Waals surface area contributed by atoms with Crippen LogP contribution in [-0.2, 0) is 0 Å². The third-order valence-electron chi connectivity index (χ3n) is 5.23. The van der Waals surface area contributed by atoms with E-state index in [9.17, 15) is 20.1 Å². The second-order valence-corrected chi connectivity index (χ2v) is 6.68. The molecule has 4 N–H and O–H groups in total. The van der Waals surface area contributed by atoms with Crippen LogP contribution in [0.2, 0.25) is 0 Å². The highest BCUT2D eigenvalue weighted by Crippen LogP contribution is 2.29. The van der Waals surface area contributed by atoms with E-state index in [0.717, 1.165) is 43.8 Å². The molecule has 2 aliphatic carbocycles. The van der Waals surface area contributed by atoms with Crippen molar-refractivity contribution in [3.05, 3.63) is 70.1 Å². The molecule has 0 bridgehead atoms. The lowest BCUT2D eigenvalue weighted by Gasteiger charge is -2.09. The first-order valence-electron chi connectivity index (χ1n) is 8.41. The van der Waals surface area contributed by atoms with E-state index >= 15 is 0 Å². The van der Waals surface area contributed by atoms with Gasteiger partial charge in [0, 0.05) is 0 Å². The van der Waals surface area contributed by atoms with Gasteiger partial charge in [-0.2, -0.15) is 0 Å². The lowest BCUT2D eigenvalue weighted by Crippen LogP contribution is -2.33. The summed E-state index contributed by atoms with van der Waals surface area (Å²) in [7, 11) is -3.01. The van der Waals surface area contributed by atoms with E-state index in [-0.39, 0.29) is 0 Å². The van der Waals surface area contributed by atoms with Gasteiger partial charge in [-0.15, -0.1) is 0 Å². The van der Waals surface area contributed by atoms with Crippen LogP contribution in [0.4, 0.5) is 0 Å². The normalized spacial score (nSPS) is 12.5. The average Bonchev–Trinajstić information content (AvgIpc) is 3.18. The molecule has 6 heteroatoms. The van der Waals surface area contributed by atoms with Crippen molar-refractivity contribution in [1.29, 1.82) is 0 Å². The molecule has 0 heterocycles. The molecule has 0 fully saturated rings. The SMILES string of the molecule is OB(O)c1ccc2c(c1)C=c1c-2ccc2c1=Cc1cccc(B(O)O)c1-2. The summed E-state index contributed by atoms with van der Waals surface area (Å²) in [6.45, 7) is 0. The number of rotatable bonds is 2. The molecule has 26 heavy (non-hydrogen) atoms. The molecule has 0 unspecified atom stereocenters. The Kier molecular flexibility index (Phi) is 3.26. The van der Waals surface area contributed by atoms with Gasteiger partial charge < -0.3 is 20.1 Å². The van der Waals surface area contributed by atoms with Crippen molar-refractivity contribution in [1.82, 2.24) is 0 Å². The van der Waals surface area contributed by atoms with E-state index < -0.39 is 14.2 Å². The summed E-state index contributed by atoms with van der Waals surface area (Å²) in [5, 5.41) is 40.4. The molecule has 0 saturated carbocycles. The molecular weight excluding hydrogens is 326 g/mol. The Labute approximate surface area is 150 Å². The van der Waals surface area contributed by atoms with Crippen LogP contribution in [0, 0.1) is 0 Å². The van der Waals surface area contributed by atoms with E-state index in [4.69, 9.17) is 0 Å². The number of fused-ring (bicyclic) bond motifs is 7. The Morgan fingerprint density at radius 1 is 0.615 bits per heavy atom. The van der Waals surface area contributed by atoms with Crippen LogP contribution in [0.25, 0.3) is 34.4 Å². The lowest BCUT2D eigenvalue weighted by molar-refractivity contribution is 0.424. The fourth-order valence-electron chi connectivity index (χ4n) is 4.05. The van der Waals surface area contributed by atoms with Crippen molar-refractivity contribution < 1.29 is 20.1 Å². The standard InChI is InChI=1S/C20H14B2O4/c23-21(24)13-4-5-14-12(8-13)10-17-15(14)6-7-16-18(17)9-11-2-1-3-19(20(11)16)22(25)26/h1-10,23-26H. The molecule has 0 radical (unpaired) electrons. The summed E-state index contributed by atoms with van der Waals surface area (Å²) in [4.78, 5) is 0. The summed E-state index contributed by atoms with van der Waals surface area (Å²) < 4.78 is 0. The Morgan fingerprint density at radius 3 is 2.08 bits per heavy atom. The Bertz CT molecular complexity index is 1200. The van der Waals surface area contributed by atoms with Crippen LogP contribution in [0.5, 0.6) is 0 Å². The van der Waals surface area contributed by atoms with Gasteiger partial charge in [-0.25, -0.2) is 0 Å². The van der Waals surface area contributed by atoms with E-state index in [1.165, 1.54) is 0 Å². The highest BCUT2D eigenvalue weighted by atomic mass is 16.4. The number of benzene rings is 3. The van der Waals surface area contributed by atoms with Crippen molar-refractivity contribution in [2.24, 2.45) is 0 Å². The molecule has 0 atom stereocenters. The van der Waals surface area contributed by atoms with Gasteiger partial charge in [0.1, 0.15) is 0 Å². The quantitative estimate of drug-likeness (QED) is 0.300. The minimum atomic E-state index is -1.52. The molecule has 3 aromatic carbocycles. The molecule has 4 nitrogen and oxygen atoms in total. The summed E-state index contributed by atoms with van der Waals surface area (Å²) >= 11 is 0. The van der Waals surface area contributed by atoms with Crippen molar-refractivity contribution in [2.45, 2.75) is 0 Å². The zero-order valence-electron chi connectivity index (χ0n) is 13.7. The average molecular weight is 340 g/mol. The zero-order chi connectivity index (χ0) is 18.0. The lowest BCUT2D eigenvalue weighted by atomic mass is 9.75. The van der Waals surface area contributed by atoms with Gasteiger partial charge in [0.2, 0.25) is 0 Å². The zero-order valence-corrected chi connectivity index (χ0v) is 13.7. The number of hydrogen-bond acceptors (Lipinski definition) is 4. The van der Waals surface area contributed by atoms with E-state index in [0.29, 0.717) is 10.9 Å². The summed E-state index contributed by atoms with van der Waals surface area (Å²) in [5.74, 6) is 0. The Morgan fingerprint density at radius 2 is 1.31 bits per heavy atom. The summed E-state index contributed by atoms with van der Waals surface area (Å²) in [6.07, 6.45) is 4.12. The molecule has 0 aromatic heterocycles. The van der Waals surface area contributed by atoms with Crippen LogP contribution in [-0.4, -0.2) is 34.3 Å². The first-order chi connectivity index (χ1) is 12.5. The van der Waals surface area contributed by atoms with Gasteiger partial charge >= 0.3 is 14.2 Å². The molecule has 0 saturated heterocycles. The maximum atomic E-state index is 9.72. The van der Waals surface area contributed by atoms with Crippen LogP contribution in [0.15, 0.2) is 48.5 Å². The van der Waals surface area contributed by atoms with E-state index in [1.54, 1.807) is 18.2 Å². The smallest absolute Gasteiger partial charge is 0.423 e. The van der Waals surface area contributed by atoms with E-state index in [1.807, 2.05) is 36.4 Å². The van der Waals surface area contributed by atoms with Gasteiger partial charge in [0.05, 0.1) is 0 Å². The predicted molar refractivity (Wildman–Crippen MR) is 103 cm³/mol. The maximum Gasteiger partial charge on any atom is 0.489 e. The van der Waals surface area contributed by atoms with Crippen molar-refractivity contribution >= 4 is 37.3 Å². The monoisotopic (exact) mass is 340 g/mol. The van der Waals surface area contributed by atoms with Gasteiger partial charge in [0.25, 0.3) is 0 Å². The maximum absolute atomic E-state index is 9.72. The molecule has 0 aliphatic heterocycles. The third kappa shape index (κ3) is 2.08. The van der Waals surface area contributed by atoms with Crippen LogP contribution >= 0.6 is 0 Å². The molecule has 3 aromatic rings. The first-order valence-corrected chi connectivity index (χ1v) is 8.41. The third-order valence-corrected chi connectivity index (χ3v) is 5.23. The van der Waals surface area contributed by atoms with Crippen molar-refractivity contribution in [2.75, 3.05) is 0 Å². The van der Waals surface area contributed by atoms with E-state index in [2.05, 4.69) is 6.08 Å². The van der Waals surface area contributed by atoms with Gasteiger partial charge in [0.15, 0.2) is 0 Å². The van der Waals surface area contributed by atoms with Crippen molar-refractivity contribution in [3.8, 4) is 22.3 Å². The van der Waals surface area contributed by atoms with Crippen LogP contribution < -0.4 is 21.4 Å². The van der Waals surface area contributed by atoms with Crippen LogP contribution in [0.3, 0.4) is 0 Å². The molecular formula is C20H14B2O4.